The molecule has 8 nitrogen and oxygen atoms in total. The van der Waals surface area contributed by atoms with Crippen LogP contribution in [0.4, 0.5) is 5.69 Å². The van der Waals surface area contributed by atoms with Crippen LogP contribution in [0.3, 0.4) is 0 Å². The number of amides is 2. The van der Waals surface area contributed by atoms with Crippen LogP contribution in [0.2, 0.25) is 5.02 Å². The van der Waals surface area contributed by atoms with Gasteiger partial charge >= 0.3 is 0 Å². The Balaban J connectivity index is 2.11. The van der Waals surface area contributed by atoms with Crippen molar-refractivity contribution in [1.29, 1.82) is 0 Å². The summed E-state index contributed by atoms with van der Waals surface area (Å²) >= 11 is 9.71. The fourth-order valence-electron chi connectivity index (χ4n) is 4.03. The quantitative estimate of drug-likeness (QED) is 0.293. The molecular weight excluding hydrogens is 618 g/mol. The molecule has 214 valence electrons. The molecule has 0 bridgehead atoms. The van der Waals surface area contributed by atoms with Crippen molar-refractivity contribution in [3.63, 3.8) is 0 Å². The minimum Gasteiger partial charge on any atom is -0.495 e. The van der Waals surface area contributed by atoms with E-state index in [-0.39, 0.29) is 39.8 Å². The van der Waals surface area contributed by atoms with E-state index in [0.29, 0.717) is 0 Å². The Hall–Kier alpha value is -3.08. The van der Waals surface area contributed by atoms with Crippen LogP contribution in [0.5, 0.6) is 5.75 Å². The minimum atomic E-state index is -4.25. The maximum absolute atomic E-state index is 14.0. The van der Waals surface area contributed by atoms with Crippen molar-refractivity contribution in [2.45, 2.75) is 51.2 Å². The van der Waals surface area contributed by atoms with Gasteiger partial charge in [-0.15, -0.1) is 0 Å². The molecule has 3 aromatic carbocycles. The van der Waals surface area contributed by atoms with E-state index < -0.39 is 28.5 Å². The maximum Gasteiger partial charge on any atom is 0.264 e. The lowest BCUT2D eigenvalue weighted by Gasteiger charge is -2.32. The van der Waals surface area contributed by atoms with Gasteiger partial charge in [-0.2, -0.15) is 0 Å². The molecule has 3 aromatic rings. The Morgan fingerprint density at radius 1 is 1.02 bits per heavy atom. The van der Waals surface area contributed by atoms with Gasteiger partial charge in [0.05, 0.1) is 17.7 Å². The first-order valence-electron chi connectivity index (χ1n) is 12.6. The number of methoxy groups -OCH3 is 1. The van der Waals surface area contributed by atoms with Gasteiger partial charge in [0.2, 0.25) is 11.8 Å². The normalized spacial score (nSPS) is 12.1. The summed E-state index contributed by atoms with van der Waals surface area (Å²) in [6, 6.07) is 17.2. The van der Waals surface area contributed by atoms with Crippen LogP contribution >= 0.6 is 27.5 Å². The highest BCUT2D eigenvalue weighted by atomic mass is 79.9. The Labute approximate surface area is 249 Å². The average molecular weight is 651 g/mol. The van der Waals surface area contributed by atoms with Gasteiger partial charge in [-0.1, -0.05) is 57.4 Å². The van der Waals surface area contributed by atoms with Gasteiger partial charge in [-0.25, -0.2) is 8.42 Å². The summed E-state index contributed by atoms with van der Waals surface area (Å²) in [5.41, 5.74) is 1.75. The highest BCUT2D eigenvalue weighted by Gasteiger charge is 2.34. The van der Waals surface area contributed by atoms with Crippen LogP contribution in [-0.2, 0) is 26.2 Å². The fraction of sp³-hybridized carbons (Fsp3) is 0.310. The topological polar surface area (TPSA) is 96.0 Å². The van der Waals surface area contributed by atoms with E-state index >= 15 is 0 Å². The number of carbonyl (C=O) groups excluding carboxylic acids is 2. The van der Waals surface area contributed by atoms with Crippen LogP contribution in [-0.4, -0.2) is 50.9 Å². The van der Waals surface area contributed by atoms with Crippen molar-refractivity contribution in [3.8, 4) is 5.75 Å². The lowest BCUT2D eigenvalue weighted by Crippen LogP contribution is -2.52. The lowest BCUT2D eigenvalue weighted by atomic mass is 10.1. The number of benzene rings is 3. The molecule has 0 saturated heterocycles. The number of sulfonamides is 1. The van der Waals surface area contributed by atoms with Crippen molar-refractivity contribution in [1.82, 2.24) is 10.2 Å². The van der Waals surface area contributed by atoms with Crippen LogP contribution in [0, 0.1) is 6.92 Å². The van der Waals surface area contributed by atoms with Crippen molar-refractivity contribution in [2.24, 2.45) is 0 Å². The first-order valence-corrected chi connectivity index (χ1v) is 15.2. The van der Waals surface area contributed by atoms with E-state index in [1.54, 1.807) is 25.1 Å². The van der Waals surface area contributed by atoms with E-state index in [1.165, 1.54) is 36.3 Å². The van der Waals surface area contributed by atoms with E-state index in [0.717, 1.165) is 19.9 Å². The summed E-state index contributed by atoms with van der Waals surface area (Å²) in [6.07, 6.45) is 0. The molecule has 0 heterocycles. The Bertz CT molecular complexity index is 1460. The predicted octanol–water partition coefficient (Wildman–Crippen LogP) is 5.56. The Morgan fingerprint density at radius 2 is 1.70 bits per heavy atom. The molecule has 2 amide bonds. The molecule has 1 atom stereocenters. The van der Waals surface area contributed by atoms with Gasteiger partial charge in [0.15, 0.2) is 0 Å². The van der Waals surface area contributed by atoms with Crippen LogP contribution in [0.25, 0.3) is 0 Å². The maximum atomic E-state index is 14.0. The molecule has 0 aliphatic rings. The van der Waals surface area contributed by atoms with E-state index in [9.17, 15) is 18.0 Å². The summed E-state index contributed by atoms with van der Waals surface area (Å²) in [5.74, 6) is -0.715. The van der Waals surface area contributed by atoms with Crippen LogP contribution < -0.4 is 14.4 Å². The third-order valence-electron chi connectivity index (χ3n) is 6.14. The highest BCUT2D eigenvalue weighted by molar-refractivity contribution is 9.10. The number of nitrogens with one attached hydrogen (secondary N) is 1. The number of aryl methyl sites for hydroxylation is 1. The minimum absolute atomic E-state index is 0.00271. The first-order chi connectivity index (χ1) is 18.8. The largest absolute Gasteiger partial charge is 0.495 e. The second-order valence-corrected chi connectivity index (χ2v) is 12.8. The summed E-state index contributed by atoms with van der Waals surface area (Å²) < 4.78 is 35.2. The summed E-state index contributed by atoms with van der Waals surface area (Å²) in [7, 11) is -2.85. The molecule has 0 spiro atoms. The highest BCUT2D eigenvalue weighted by Crippen LogP contribution is 2.35. The van der Waals surface area contributed by atoms with E-state index in [2.05, 4.69) is 21.2 Å². The first kappa shape index (κ1) is 31.4. The van der Waals surface area contributed by atoms with Gasteiger partial charge < -0.3 is 15.0 Å². The van der Waals surface area contributed by atoms with Gasteiger partial charge in [0, 0.05) is 22.1 Å². The Morgan fingerprint density at radius 3 is 2.30 bits per heavy atom. The number of nitrogens with zero attached hydrogens (tertiary/aromatic N) is 2. The molecule has 0 aromatic heterocycles. The lowest BCUT2D eigenvalue weighted by molar-refractivity contribution is -0.139. The van der Waals surface area contributed by atoms with E-state index in [1.807, 2.05) is 45.0 Å². The molecule has 0 aliphatic heterocycles. The second kappa shape index (κ2) is 13.5. The molecule has 11 heteroatoms. The van der Waals surface area contributed by atoms with Gasteiger partial charge in [0.1, 0.15) is 18.3 Å². The number of rotatable bonds is 11. The van der Waals surface area contributed by atoms with Gasteiger partial charge in [-0.05, 0) is 75.7 Å². The standard InChI is InChI=1S/C29H33BrClN3O5S/c1-19(2)32-29(36)21(4)33(17-22-7-6-8-23(30)15-22)28(35)18-34(26-16-24(31)11-14-27(26)39-5)40(37,38)25-12-9-20(3)10-13-25/h6-16,19,21H,17-18H2,1-5H3,(H,32,36). The molecule has 0 aliphatic carbocycles. The smallest absolute Gasteiger partial charge is 0.264 e. The number of hydrogen-bond donors (Lipinski definition) is 1. The van der Waals surface area contributed by atoms with Crippen molar-refractivity contribution < 1.29 is 22.7 Å². The zero-order valence-corrected chi connectivity index (χ0v) is 26.2. The number of hydrogen-bond acceptors (Lipinski definition) is 5. The summed E-state index contributed by atoms with van der Waals surface area (Å²) in [6.45, 7) is 6.60. The second-order valence-electron chi connectivity index (χ2n) is 9.63. The summed E-state index contributed by atoms with van der Waals surface area (Å²) in [5, 5.41) is 3.10. The van der Waals surface area contributed by atoms with E-state index in [4.69, 9.17) is 16.3 Å². The number of anilines is 1. The third-order valence-corrected chi connectivity index (χ3v) is 8.64. The molecule has 1 N–H and O–H groups in total. The molecule has 3 rings (SSSR count). The van der Waals surface area contributed by atoms with Gasteiger partial charge in [0.25, 0.3) is 10.0 Å². The molecule has 0 fully saturated rings. The van der Waals surface area contributed by atoms with Crippen molar-refractivity contribution in [3.05, 3.63) is 87.4 Å². The zero-order valence-electron chi connectivity index (χ0n) is 23.0. The van der Waals surface area contributed by atoms with Crippen molar-refractivity contribution >= 4 is 55.1 Å². The SMILES string of the molecule is COc1ccc(Cl)cc1N(CC(=O)N(Cc1cccc(Br)c1)C(C)C(=O)NC(C)C)S(=O)(=O)c1ccc(C)cc1. The number of ether oxygens (including phenoxy) is 1. The Kier molecular flexibility index (Phi) is 10.6. The van der Waals surface area contributed by atoms with Gasteiger partial charge in [-0.3, -0.25) is 13.9 Å². The van der Waals surface area contributed by atoms with Crippen LogP contribution in [0.1, 0.15) is 31.9 Å². The number of halogens is 2. The molecule has 40 heavy (non-hydrogen) atoms. The predicted molar refractivity (Wildman–Crippen MR) is 161 cm³/mol. The zero-order chi connectivity index (χ0) is 29.6. The monoisotopic (exact) mass is 649 g/mol. The van der Waals surface area contributed by atoms with Crippen molar-refractivity contribution in [2.75, 3.05) is 18.0 Å². The molecule has 0 radical (unpaired) electrons. The number of carbonyl (C=O) groups is 2. The average Bonchev–Trinajstić information content (AvgIpc) is 2.89. The summed E-state index contributed by atoms with van der Waals surface area (Å²) in [4.78, 5) is 28.4. The van der Waals surface area contributed by atoms with Crippen LogP contribution in [0.15, 0.2) is 76.1 Å². The third kappa shape index (κ3) is 7.77. The molecular formula is C29H33BrClN3O5S. The fourth-order valence-corrected chi connectivity index (χ4v) is 6.06. The molecule has 1 unspecified atom stereocenters. The molecule has 0 saturated carbocycles.